The minimum Gasteiger partial charge on any atom is 0 e. The average Bonchev–Trinajstić information content (AvgIpc) is 0.918. The van der Waals surface area contributed by atoms with Gasteiger partial charge in [0.1, 0.15) is 0 Å². The molecular weight excluding hydrogens is 233 g/mol. The Morgan fingerprint density at radius 2 is 1.60 bits per heavy atom. The third kappa shape index (κ3) is 36.8. The zero-order chi connectivity index (χ0) is 2.71. The molecule has 0 rings (SSSR count). The standard InChI is InChI=1S/CN.Cr.Mo.Ni/c1-2;;;. The van der Waals surface area contributed by atoms with E-state index in [0.717, 1.165) is 0 Å². The summed E-state index contributed by atoms with van der Waals surface area (Å²) in [5.74, 6) is 0. The van der Waals surface area contributed by atoms with Crippen molar-refractivity contribution in [3.05, 3.63) is 0 Å². The second-order valence-electron chi connectivity index (χ2n) is 0.0913. The van der Waals surface area contributed by atoms with E-state index in [9.17, 15) is 0 Å². The first-order valence-corrected chi connectivity index (χ1v) is 1.07. The van der Waals surface area contributed by atoms with Crippen LogP contribution in [0, 0.1) is 10.2 Å². The molecule has 0 saturated heterocycles. The Morgan fingerprint density at radius 1 is 1.60 bits per heavy atom. The molecule has 0 aliphatic carbocycles. The molecule has 0 saturated carbocycles. The summed E-state index contributed by atoms with van der Waals surface area (Å²) in [6, 6.07) is 0. The van der Waals surface area contributed by atoms with Crippen molar-refractivity contribution in [1.82, 2.24) is 0 Å². The van der Waals surface area contributed by atoms with Gasteiger partial charge in [0.15, 0.2) is 0 Å². The number of hydrogen-bond acceptors (Lipinski definition) is 1. The van der Waals surface area contributed by atoms with Crippen LogP contribution in [0.4, 0.5) is 0 Å². The van der Waals surface area contributed by atoms with E-state index in [0.29, 0.717) is 0 Å². The summed E-state index contributed by atoms with van der Waals surface area (Å²) in [5, 5.41) is 7.26. The van der Waals surface area contributed by atoms with E-state index in [2.05, 4.69) is 16.3 Å². The van der Waals surface area contributed by atoms with Gasteiger partial charge < -0.3 is 0 Å². The molecule has 0 aromatic heterocycles. The fourth-order valence-corrected chi connectivity index (χ4v) is 0. The Hall–Kier alpha value is 1.20. The Morgan fingerprint density at radius 3 is 1.60 bits per heavy atom. The molecule has 0 aliphatic rings. The van der Waals surface area contributed by atoms with Crippen molar-refractivity contribution in [2.75, 3.05) is 0 Å². The summed E-state index contributed by atoms with van der Waals surface area (Å²) < 4.78 is 0. The smallest absolute Gasteiger partial charge is 0 e. The Balaban J connectivity index is -0.0000000200. The van der Waals surface area contributed by atoms with E-state index in [-0.39, 0.29) is 37.6 Å². The largest absolute Gasteiger partial charge is 0 e. The molecule has 5 heavy (non-hydrogen) atoms. The first kappa shape index (κ1) is 16.4. The molecule has 0 unspecified atom stereocenters. The van der Waals surface area contributed by atoms with E-state index in [1.54, 1.807) is 4.93 Å². The van der Waals surface area contributed by atoms with E-state index in [1.165, 1.54) is 0 Å². The van der Waals surface area contributed by atoms with Crippen molar-refractivity contribution in [2.24, 2.45) is 0 Å². The minimum absolute atomic E-state index is 0. The molecular formula is CCrMoNNi. The van der Waals surface area contributed by atoms with E-state index >= 15 is 0 Å². The molecule has 0 fully saturated rings. The van der Waals surface area contributed by atoms with Crippen LogP contribution in [0.5, 0.6) is 0 Å². The van der Waals surface area contributed by atoms with Gasteiger partial charge in [-0.3, -0.25) is 0 Å². The molecule has 0 bridgehead atoms. The number of rotatable bonds is 0. The van der Waals surface area contributed by atoms with Gasteiger partial charge in [0.05, 0.1) is 0 Å². The SMILES string of the molecule is N#[C][Cr].[Mo].[Ni]. The first-order valence-electron chi connectivity index (χ1n) is 0.428. The summed E-state index contributed by atoms with van der Waals surface area (Å²) in [6.07, 6.45) is 0. The minimum atomic E-state index is 0. The van der Waals surface area contributed by atoms with Gasteiger partial charge in [-0.15, -0.1) is 0 Å². The maximum Gasteiger partial charge on any atom is 0 e. The number of nitrogens with zero attached hydrogens (tertiary/aromatic N) is 1. The Bertz CT molecular complexity index is 33.1. The van der Waals surface area contributed by atoms with Crippen molar-refractivity contribution in [1.29, 1.82) is 5.26 Å². The zero-order valence-electron chi connectivity index (χ0n) is 2.08. The van der Waals surface area contributed by atoms with Gasteiger partial charge in [-0.05, 0) is 0 Å². The maximum absolute atomic E-state index is 7.26. The van der Waals surface area contributed by atoms with Crippen LogP contribution in [0.3, 0.4) is 0 Å². The maximum atomic E-state index is 7.26. The molecule has 0 heterocycles. The summed E-state index contributed by atoms with van der Waals surface area (Å²) >= 11 is 2.11. The topological polar surface area (TPSA) is 23.8 Å². The van der Waals surface area contributed by atoms with Crippen molar-refractivity contribution < 1.29 is 53.8 Å². The molecule has 4 heteroatoms. The van der Waals surface area contributed by atoms with Gasteiger partial charge >= 0.3 is 26.5 Å². The van der Waals surface area contributed by atoms with Crippen LogP contribution in [0.1, 0.15) is 0 Å². The second-order valence-corrected chi connectivity index (χ2v) is 0.376. The van der Waals surface area contributed by atoms with E-state index in [4.69, 9.17) is 5.26 Å². The normalized spacial score (nSPS) is 1.40. The number of nitriles is 1. The third-order valence-electron chi connectivity index (χ3n) is 0. The van der Waals surface area contributed by atoms with E-state index < -0.39 is 0 Å². The molecule has 0 aromatic carbocycles. The molecule has 0 spiro atoms. The van der Waals surface area contributed by atoms with Crippen LogP contribution >= 0.6 is 0 Å². The second kappa shape index (κ2) is 18.9. The van der Waals surface area contributed by atoms with Crippen LogP contribution in [-0.4, -0.2) is 0 Å². The van der Waals surface area contributed by atoms with Crippen molar-refractivity contribution >= 4 is 0 Å². The van der Waals surface area contributed by atoms with Gasteiger partial charge in [0, 0.05) is 37.6 Å². The van der Waals surface area contributed by atoms with Gasteiger partial charge in [0.25, 0.3) is 0 Å². The average molecular weight is 233 g/mol. The van der Waals surface area contributed by atoms with Crippen LogP contribution in [0.2, 0.25) is 0 Å². The molecule has 0 radical (unpaired) electrons. The van der Waals surface area contributed by atoms with Crippen LogP contribution in [0.25, 0.3) is 0 Å². The Kier molecular flexibility index (Phi) is 62.0. The summed E-state index contributed by atoms with van der Waals surface area (Å²) in [6.45, 7) is 0. The zero-order valence-corrected chi connectivity index (χ0v) is 6.35. The van der Waals surface area contributed by atoms with Crippen LogP contribution in [-0.2, 0) is 53.8 Å². The molecule has 0 N–H and O–H groups in total. The van der Waals surface area contributed by atoms with Crippen molar-refractivity contribution in [3.63, 3.8) is 0 Å². The summed E-state index contributed by atoms with van der Waals surface area (Å²) in [7, 11) is 0. The summed E-state index contributed by atoms with van der Waals surface area (Å²) in [5.41, 5.74) is 0. The van der Waals surface area contributed by atoms with Gasteiger partial charge in [-0.25, -0.2) is 0 Å². The monoisotopic (exact) mass is 234 g/mol. The molecule has 0 aromatic rings. The van der Waals surface area contributed by atoms with Crippen molar-refractivity contribution in [3.8, 4) is 4.93 Å². The molecule has 31 valence electrons. The van der Waals surface area contributed by atoms with E-state index in [1.807, 2.05) is 0 Å². The summed E-state index contributed by atoms with van der Waals surface area (Å²) in [4.78, 5) is 1.62. The molecule has 0 amide bonds. The molecule has 0 aliphatic heterocycles. The predicted molar refractivity (Wildman–Crippen MR) is 5.61 cm³/mol. The quantitative estimate of drug-likeness (QED) is 0.540. The third-order valence-corrected chi connectivity index (χ3v) is 0. The molecule has 1 nitrogen and oxygen atoms in total. The number of hydrogen-bond donors (Lipinski definition) is 0. The fraction of sp³-hybridized carbons (Fsp3) is 0. The van der Waals surface area contributed by atoms with Gasteiger partial charge in [-0.1, -0.05) is 0 Å². The van der Waals surface area contributed by atoms with Crippen molar-refractivity contribution in [2.45, 2.75) is 0 Å². The Labute approximate surface area is 63.7 Å². The van der Waals surface area contributed by atoms with Crippen LogP contribution < -0.4 is 0 Å². The predicted octanol–water partition coefficient (Wildman–Crippen LogP) is 0.00928. The first-order chi connectivity index (χ1) is 1.41. The van der Waals surface area contributed by atoms with Crippen LogP contribution in [0.15, 0.2) is 0 Å². The van der Waals surface area contributed by atoms with Gasteiger partial charge in [-0.2, -0.15) is 0 Å². The van der Waals surface area contributed by atoms with Gasteiger partial charge in [0.2, 0.25) is 0 Å². The molecule has 0 atom stereocenters. The fourth-order valence-electron chi connectivity index (χ4n) is 0.